The molecule has 1 aromatic heterocycles. The molecule has 1 amide bonds. The van der Waals surface area contributed by atoms with Crippen LogP contribution in [0, 0.1) is 0 Å². The summed E-state index contributed by atoms with van der Waals surface area (Å²) < 4.78 is 5.65. The lowest BCUT2D eigenvalue weighted by Crippen LogP contribution is -2.27. The highest BCUT2D eigenvalue weighted by Gasteiger charge is 2.12. The highest BCUT2D eigenvalue weighted by Crippen LogP contribution is 2.23. The molecule has 0 bridgehead atoms. The molecule has 1 atom stereocenters. The van der Waals surface area contributed by atoms with Gasteiger partial charge in [0.2, 0.25) is 5.91 Å². The molecule has 0 spiro atoms. The number of furan rings is 1. The summed E-state index contributed by atoms with van der Waals surface area (Å²) >= 11 is 3.11. The van der Waals surface area contributed by atoms with Gasteiger partial charge in [-0.1, -0.05) is 34.1 Å². The van der Waals surface area contributed by atoms with Crippen molar-refractivity contribution >= 4 is 32.8 Å². The number of hydrogen-bond donors (Lipinski definition) is 1. The Hall–Kier alpha value is -1.29. The number of fused-ring (bicyclic) bond motifs is 1. The molecule has 0 saturated heterocycles. The first kappa shape index (κ1) is 11.2. The number of amides is 1. The topological polar surface area (TPSA) is 42.2 Å². The van der Waals surface area contributed by atoms with Crippen molar-refractivity contribution in [2.24, 2.45) is 0 Å². The van der Waals surface area contributed by atoms with Gasteiger partial charge in [0.05, 0.1) is 11.4 Å². The molecule has 0 saturated carbocycles. The van der Waals surface area contributed by atoms with Crippen LogP contribution in [-0.2, 0) is 4.79 Å². The number of benzene rings is 1. The van der Waals surface area contributed by atoms with Crippen molar-refractivity contribution in [3.63, 3.8) is 0 Å². The van der Waals surface area contributed by atoms with E-state index in [-0.39, 0.29) is 11.9 Å². The van der Waals surface area contributed by atoms with Gasteiger partial charge < -0.3 is 9.73 Å². The minimum Gasteiger partial charge on any atom is -0.459 e. The number of alkyl halides is 1. The Bertz CT molecular complexity index is 473. The van der Waals surface area contributed by atoms with Crippen LogP contribution >= 0.6 is 15.9 Å². The van der Waals surface area contributed by atoms with Crippen molar-refractivity contribution in [2.75, 3.05) is 5.33 Å². The van der Waals surface area contributed by atoms with E-state index in [1.165, 1.54) is 0 Å². The molecule has 2 aromatic rings. The summed E-state index contributed by atoms with van der Waals surface area (Å²) in [5.74, 6) is 0.725. The van der Waals surface area contributed by atoms with Crippen molar-refractivity contribution in [3.8, 4) is 0 Å². The summed E-state index contributed by atoms with van der Waals surface area (Å²) in [6.45, 7) is 1.90. The van der Waals surface area contributed by atoms with Crippen LogP contribution in [-0.4, -0.2) is 11.2 Å². The van der Waals surface area contributed by atoms with Crippen LogP contribution in [0.3, 0.4) is 0 Å². The Morgan fingerprint density at radius 3 is 2.94 bits per heavy atom. The van der Waals surface area contributed by atoms with E-state index in [2.05, 4.69) is 21.2 Å². The molecule has 3 nitrogen and oxygen atoms in total. The van der Waals surface area contributed by atoms with E-state index in [1.54, 1.807) is 0 Å². The first-order valence-corrected chi connectivity index (χ1v) is 6.16. The SMILES string of the molecule is CC(NC(=O)CBr)c1cc2ccccc2o1. The van der Waals surface area contributed by atoms with Gasteiger partial charge in [-0.15, -0.1) is 0 Å². The average Bonchev–Trinajstić information content (AvgIpc) is 2.72. The predicted molar refractivity (Wildman–Crippen MR) is 66.6 cm³/mol. The fourth-order valence-corrected chi connectivity index (χ4v) is 1.73. The molecule has 0 aliphatic carbocycles. The Morgan fingerprint density at radius 2 is 2.25 bits per heavy atom. The molecule has 0 radical (unpaired) electrons. The van der Waals surface area contributed by atoms with Gasteiger partial charge in [0.25, 0.3) is 0 Å². The van der Waals surface area contributed by atoms with E-state index in [0.29, 0.717) is 5.33 Å². The first-order chi connectivity index (χ1) is 7.70. The van der Waals surface area contributed by atoms with E-state index in [1.807, 2.05) is 37.3 Å². The number of para-hydroxylation sites is 1. The largest absolute Gasteiger partial charge is 0.459 e. The number of carbonyl (C=O) groups is 1. The van der Waals surface area contributed by atoms with Crippen LogP contribution in [0.1, 0.15) is 18.7 Å². The van der Waals surface area contributed by atoms with Crippen LogP contribution < -0.4 is 5.32 Å². The van der Waals surface area contributed by atoms with Gasteiger partial charge in [0, 0.05) is 5.39 Å². The molecular formula is C12H12BrNO2. The van der Waals surface area contributed by atoms with E-state index < -0.39 is 0 Å². The van der Waals surface area contributed by atoms with Crippen molar-refractivity contribution in [1.29, 1.82) is 0 Å². The van der Waals surface area contributed by atoms with Gasteiger partial charge in [-0.25, -0.2) is 0 Å². The highest BCUT2D eigenvalue weighted by molar-refractivity contribution is 9.09. The van der Waals surface area contributed by atoms with Crippen molar-refractivity contribution in [2.45, 2.75) is 13.0 Å². The third-order valence-electron chi connectivity index (χ3n) is 2.37. The molecule has 4 heteroatoms. The summed E-state index contributed by atoms with van der Waals surface area (Å²) in [4.78, 5) is 11.2. The minimum atomic E-state index is -0.113. The Morgan fingerprint density at radius 1 is 1.50 bits per heavy atom. The molecule has 1 aromatic carbocycles. The third kappa shape index (κ3) is 2.27. The van der Waals surface area contributed by atoms with E-state index in [9.17, 15) is 4.79 Å². The molecule has 1 N–H and O–H groups in total. The van der Waals surface area contributed by atoms with Crippen LogP contribution in [0.5, 0.6) is 0 Å². The van der Waals surface area contributed by atoms with Gasteiger partial charge in [-0.05, 0) is 19.1 Å². The fraction of sp³-hybridized carbons (Fsp3) is 0.250. The number of rotatable bonds is 3. The first-order valence-electron chi connectivity index (χ1n) is 5.04. The molecule has 0 aliphatic rings. The maximum Gasteiger partial charge on any atom is 0.231 e. The monoisotopic (exact) mass is 281 g/mol. The van der Waals surface area contributed by atoms with Gasteiger partial charge in [-0.3, -0.25) is 4.79 Å². The smallest absolute Gasteiger partial charge is 0.231 e. The number of nitrogens with one attached hydrogen (secondary N) is 1. The van der Waals surface area contributed by atoms with Gasteiger partial charge in [0.15, 0.2) is 0 Å². The average molecular weight is 282 g/mol. The quantitative estimate of drug-likeness (QED) is 0.879. The zero-order valence-corrected chi connectivity index (χ0v) is 10.5. The number of carbonyl (C=O) groups excluding carboxylic acids is 1. The predicted octanol–water partition coefficient (Wildman–Crippen LogP) is 3.00. The fourth-order valence-electron chi connectivity index (χ4n) is 1.57. The van der Waals surface area contributed by atoms with Gasteiger partial charge in [0.1, 0.15) is 11.3 Å². The lowest BCUT2D eigenvalue weighted by molar-refractivity contribution is -0.119. The molecule has 84 valence electrons. The van der Waals surface area contributed by atoms with Crippen molar-refractivity contribution in [1.82, 2.24) is 5.32 Å². The molecule has 0 aliphatic heterocycles. The Kier molecular flexibility index (Phi) is 3.29. The van der Waals surface area contributed by atoms with E-state index >= 15 is 0 Å². The Balaban J connectivity index is 2.23. The van der Waals surface area contributed by atoms with Crippen LogP contribution in [0.15, 0.2) is 34.7 Å². The second-order valence-electron chi connectivity index (χ2n) is 3.61. The summed E-state index contributed by atoms with van der Waals surface area (Å²) in [7, 11) is 0. The van der Waals surface area contributed by atoms with Gasteiger partial charge in [-0.2, -0.15) is 0 Å². The lowest BCUT2D eigenvalue weighted by atomic mass is 10.2. The van der Waals surface area contributed by atoms with Crippen LogP contribution in [0.4, 0.5) is 0 Å². The van der Waals surface area contributed by atoms with E-state index in [4.69, 9.17) is 4.42 Å². The van der Waals surface area contributed by atoms with Crippen LogP contribution in [0.25, 0.3) is 11.0 Å². The molecule has 1 heterocycles. The molecule has 0 fully saturated rings. The number of halogens is 1. The summed E-state index contributed by atoms with van der Waals surface area (Å²) in [5.41, 5.74) is 0.845. The molecule has 1 unspecified atom stereocenters. The lowest BCUT2D eigenvalue weighted by Gasteiger charge is -2.09. The zero-order chi connectivity index (χ0) is 11.5. The van der Waals surface area contributed by atoms with Gasteiger partial charge >= 0.3 is 0 Å². The Labute approximate surface area is 102 Å². The van der Waals surface area contributed by atoms with Crippen molar-refractivity contribution in [3.05, 3.63) is 36.1 Å². The normalized spacial score (nSPS) is 12.6. The standard InChI is InChI=1S/C12H12BrNO2/c1-8(14-12(15)7-13)11-6-9-4-2-3-5-10(9)16-11/h2-6,8H,7H2,1H3,(H,14,15). The highest BCUT2D eigenvalue weighted by atomic mass is 79.9. The summed E-state index contributed by atoms with van der Waals surface area (Å²) in [5, 5.41) is 4.18. The summed E-state index contributed by atoms with van der Waals surface area (Å²) in [6.07, 6.45) is 0. The molecular weight excluding hydrogens is 270 g/mol. The number of hydrogen-bond acceptors (Lipinski definition) is 2. The second-order valence-corrected chi connectivity index (χ2v) is 4.17. The minimum absolute atomic E-state index is 0.0482. The molecule has 16 heavy (non-hydrogen) atoms. The van der Waals surface area contributed by atoms with E-state index in [0.717, 1.165) is 16.7 Å². The maximum atomic E-state index is 11.2. The summed E-state index contributed by atoms with van der Waals surface area (Å²) in [6, 6.07) is 9.63. The zero-order valence-electron chi connectivity index (χ0n) is 8.87. The second kappa shape index (κ2) is 4.70. The third-order valence-corrected chi connectivity index (χ3v) is 2.88. The van der Waals surface area contributed by atoms with Crippen LogP contribution in [0.2, 0.25) is 0 Å². The molecule has 2 rings (SSSR count). The van der Waals surface area contributed by atoms with Crippen molar-refractivity contribution < 1.29 is 9.21 Å². The maximum absolute atomic E-state index is 11.2.